The van der Waals surface area contributed by atoms with Gasteiger partial charge in [0.1, 0.15) is 28.8 Å². The first kappa shape index (κ1) is 27.6. The molecule has 9 heteroatoms. The Kier molecular flexibility index (Phi) is 9.03. The highest BCUT2D eigenvalue weighted by Crippen LogP contribution is 2.59. The molecule has 8 nitrogen and oxygen atoms in total. The highest BCUT2D eigenvalue weighted by atomic mass is 31.2. The molecular weight excluding hydrogens is 481 g/mol. The molecule has 0 amide bonds. The molecule has 0 aliphatic rings. The summed E-state index contributed by atoms with van der Waals surface area (Å²) >= 11 is 0. The summed E-state index contributed by atoms with van der Waals surface area (Å²) in [5, 5.41) is 45.3. The summed E-state index contributed by atoms with van der Waals surface area (Å²) in [5.74, 6) is -1.85. The number of aromatic hydroxyl groups is 4. The van der Waals surface area contributed by atoms with Crippen molar-refractivity contribution < 1.29 is 34.0 Å². The third-order valence-electron chi connectivity index (χ3n) is 6.18. The Morgan fingerprint density at radius 1 is 0.778 bits per heavy atom. The highest BCUT2D eigenvalue weighted by molar-refractivity contribution is 7.54. The normalized spacial score (nSPS) is 12.7. The van der Waals surface area contributed by atoms with Gasteiger partial charge in [-0.15, -0.1) is 0 Å². The molecule has 1 unspecified atom stereocenters. The van der Waals surface area contributed by atoms with Crippen molar-refractivity contribution in [2.24, 2.45) is 0 Å². The van der Waals surface area contributed by atoms with E-state index in [0.717, 1.165) is 0 Å². The monoisotopic (exact) mass is 515 g/mol. The summed E-state index contributed by atoms with van der Waals surface area (Å²) < 4.78 is 25.2. The van der Waals surface area contributed by atoms with Crippen molar-refractivity contribution in [1.29, 1.82) is 0 Å². The predicted molar refractivity (Wildman–Crippen MR) is 139 cm³/mol. The number of rotatable bonds is 11. The van der Waals surface area contributed by atoms with Gasteiger partial charge in [-0.3, -0.25) is 9.88 Å². The molecule has 5 N–H and O–H groups in total. The van der Waals surface area contributed by atoms with E-state index in [4.69, 9.17) is 9.05 Å². The van der Waals surface area contributed by atoms with Crippen LogP contribution in [0.15, 0.2) is 54.6 Å². The van der Waals surface area contributed by atoms with E-state index in [-0.39, 0.29) is 42.8 Å². The largest absolute Gasteiger partial charge is 0.508 e. The Hall–Kier alpha value is -3.03. The number of phenolic OH excluding ortho intramolecular Hbond substituents is 4. The fourth-order valence-electron chi connectivity index (χ4n) is 4.19. The Bertz CT molecular complexity index is 1170. The second-order valence-corrected chi connectivity index (χ2v) is 10.6. The summed E-state index contributed by atoms with van der Waals surface area (Å²) in [4.78, 5) is 0. The first-order valence-electron chi connectivity index (χ1n) is 11.8. The lowest BCUT2D eigenvalue weighted by molar-refractivity contribution is 0.207. The van der Waals surface area contributed by atoms with Crippen LogP contribution in [-0.4, -0.2) is 40.2 Å². The van der Waals surface area contributed by atoms with Crippen molar-refractivity contribution in [3.63, 3.8) is 0 Å². The third-order valence-corrected chi connectivity index (χ3v) is 8.53. The average Bonchev–Trinajstić information content (AvgIpc) is 2.86. The van der Waals surface area contributed by atoms with E-state index in [1.54, 1.807) is 39.8 Å². The van der Waals surface area contributed by atoms with Crippen LogP contribution < -0.4 is 5.32 Å². The van der Waals surface area contributed by atoms with Gasteiger partial charge in [-0.1, -0.05) is 42.5 Å². The Morgan fingerprint density at radius 2 is 1.25 bits per heavy atom. The van der Waals surface area contributed by atoms with Crippen molar-refractivity contribution in [3.05, 3.63) is 82.4 Å². The average molecular weight is 516 g/mol. The number of phenols is 4. The quantitative estimate of drug-likeness (QED) is 0.202. The Balaban J connectivity index is 2.12. The minimum Gasteiger partial charge on any atom is -0.508 e. The number of nitrogens with one attached hydrogen (secondary N) is 1. The van der Waals surface area contributed by atoms with Gasteiger partial charge in [-0.25, -0.2) is 0 Å². The SMILES string of the molecule is CCOP(=O)(OCC)C(NCC(c1ccc(O)c(C)c1O)c1ccc(O)c(C)c1O)c1ccccc1. The number of benzene rings is 3. The lowest BCUT2D eigenvalue weighted by atomic mass is 9.87. The van der Waals surface area contributed by atoms with Crippen molar-refractivity contribution in [3.8, 4) is 23.0 Å². The van der Waals surface area contributed by atoms with Gasteiger partial charge in [0.25, 0.3) is 0 Å². The van der Waals surface area contributed by atoms with Crippen molar-refractivity contribution in [1.82, 2.24) is 5.32 Å². The van der Waals surface area contributed by atoms with Crippen LogP contribution in [0.2, 0.25) is 0 Å². The molecule has 3 rings (SSSR count). The van der Waals surface area contributed by atoms with Crippen LogP contribution >= 0.6 is 7.60 Å². The van der Waals surface area contributed by atoms with E-state index in [1.807, 2.05) is 30.3 Å². The smallest absolute Gasteiger partial charge is 0.351 e. The van der Waals surface area contributed by atoms with Crippen LogP contribution in [-0.2, 0) is 13.6 Å². The van der Waals surface area contributed by atoms with Gasteiger partial charge in [0, 0.05) is 34.7 Å². The van der Waals surface area contributed by atoms with Crippen molar-refractivity contribution in [2.75, 3.05) is 19.8 Å². The summed E-state index contributed by atoms with van der Waals surface area (Å²) in [6.07, 6.45) is 0. The fraction of sp³-hybridized carbons (Fsp3) is 0.333. The van der Waals surface area contributed by atoms with Crippen LogP contribution in [0.1, 0.15) is 53.4 Å². The topological polar surface area (TPSA) is 128 Å². The van der Waals surface area contributed by atoms with E-state index < -0.39 is 19.3 Å². The molecule has 0 fully saturated rings. The standard InChI is InChI=1S/C27H34NO7P/c1-5-34-36(33,35-6-2)27(19-10-8-7-9-11-19)28-16-22(20-12-14-23(29)17(3)25(20)31)21-13-15-24(30)18(4)26(21)32/h7-15,22,27-32H,5-6,16H2,1-4H3. The van der Waals surface area contributed by atoms with Gasteiger partial charge >= 0.3 is 7.60 Å². The predicted octanol–water partition coefficient (Wildman–Crippen LogP) is 5.81. The van der Waals surface area contributed by atoms with Crippen molar-refractivity contribution in [2.45, 2.75) is 39.4 Å². The molecule has 0 saturated carbocycles. The molecule has 36 heavy (non-hydrogen) atoms. The summed E-state index contributed by atoms with van der Waals surface area (Å²) in [7, 11) is -3.67. The maximum atomic E-state index is 13.9. The molecule has 3 aromatic rings. The molecule has 0 aromatic heterocycles. The van der Waals surface area contributed by atoms with Crippen LogP contribution in [0.25, 0.3) is 0 Å². The summed E-state index contributed by atoms with van der Waals surface area (Å²) in [6.45, 7) is 7.13. The molecule has 0 spiro atoms. The minimum absolute atomic E-state index is 0.0616. The van der Waals surface area contributed by atoms with Crippen LogP contribution in [0.4, 0.5) is 0 Å². The van der Waals surface area contributed by atoms with Crippen molar-refractivity contribution >= 4 is 7.60 Å². The lowest BCUT2D eigenvalue weighted by Gasteiger charge is -2.30. The van der Waals surface area contributed by atoms with E-state index >= 15 is 0 Å². The van der Waals surface area contributed by atoms with Gasteiger partial charge in [0.2, 0.25) is 0 Å². The van der Waals surface area contributed by atoms with E-state index in [0.29, 0.717) is 27.8 Å². The maximum Gasteiger partial charge on any atom is 0.351 e. The zero-order valence-electron chi connectivity index (χ0n) is 20.9. The highest BCUT2D eigenvalue weighted by Gasteiger charge is 2.37. The molecule has 0 bridgehead atoms. The van der Waals surface area contributed by atoms with Crippen LogP contribution in [0, 0.1) is 13.8 Å². The zero-order chi connectivity index (χ0) is 26.5. The number of hydrogen-bond donors (Lipinski definition) is 5. The molecule has 0 saturated heterocycles. The van der Waals surface area contributed by atoms with Crippen LogP contribution in [0.3, 0.4) is 0 Å². The molecule has 0 heterocycles. The van der Waals surface area contributed by atoms with Gasteiger partial charge < -0.3 is 29.5 Å². The molecule has 0 aliphatic carbocycles. The maximum absolute atomic E-state index is 13.9. The van der Waals surface area contributed by atoms with Gasteiger partial charge in [0.05, 0.1) is 13.2 Å². The zero-order valence-corrected chi connectivity index (χ0v) is 21.8. The first-order chi connectivity index (χ1) is 17.1. The minimum atomic E-state index is -3.67. The Morgan fingerprint density at radius 3 is 1.69 bits per heavy atom. The van der Waals surface area contributed by atoms with Gasteiger partial charge in [0.15, 0.2) is 0 Å². The van der Waals surface area contributed by atoms with Crippen LogP contribution in [0.5, 0.6) is 23.0 Å². The third kappa shape index (κ3) is 5.68. The second kappa shape index (κ2) is 11.8. The molecule has 0 aliphatic heterocycles. The molecule has 3 aromatic carbocycles. The summed E-state index contributed by atoms with van der Waals surface area (Å²) in [6, 6.07) is 15.3. The fourth-order valence-corrected chi connectivity index (χ4v) is 6.15. The van der Waals surface area contributed by atoms with E-state index in [2.05, 4.69) is 5.32 Å². The van der Waals surface area contributed by atoms with E-state index in [1.165, 1.54) is 12.1 Å². The van der Waals surface area contributed by atoms with E-state index in [9.17, 15) is 25.0 Å². The molecular formula is C27H34NO7P. The molecule has 194 valence electrons. The molecule has 1 atom stereocenters. The summed E-state index contributed by atoms with van der Waals surface area (Å²) in [5.41, 5.74) is 2.15. The number of hydrogen-bond acceptors (Lipinski definition) is 8. The lowest BCUT2D eigenvalue weighted by Crippen LogP contribution is -2.28. The van der Waals surface area contributed by atoms with Gasteiger partial charge in [-0.2, -0.15) is 0 Å². The van der Waals surface area contributed by atoms with Gasteiger partial charge in [-0.05, 0) is 45.4 Å². The second-order valence-electron chi connectivity index (χ2n) is 8.44. The first-order valence-corrected chi connectivity index (χ1v) is 13.5. The molecule has 0 radical (unpaired) electrons. The Labute approximate surface area is 211 Å².